The van der Waals surface area contributed by atoms with Crippen molar-refractivity contribution in [3.05, 3.63) is 11.6 Å². The molecule has 0 saturated carbocycles. The Hall–Kier alpha value is -1.32. The van der Waals surface area contributed by atoms with Gasteiger partial charge in [-0.3, -0.25) is 4.79 Å². The van der Waals surface area contributed by atoms with Crippen molar-refractivity contribution < 1.29 is 14.3 Å². The van der Waals surface area contributed by atoms with Gasteiger partial charge in [-0.05, 0) is 32.1 Å². The van der Waals surface area contributed by atoms with Crippen LogP contribution in [0.2, 0.25) is 0 Å². The highest BCUT2D eigenvalue weighted by molar-refractivity contribution is 5.95. The maximum atomic E-state index is 11.5. The van der Waals surface area contributed by atoms with Gasteiger partial charge >= 0.3 is 5.97 Å². The molecule has 1 amide bonds. The molecule has 0 bridgehead atoms. The lowest BCUT2D eigenvalue weighted by Crippen LogP contribution is -2.36. The van der Waals surface area contributed by atoms with Crippen LogP contribution in [-0.2, 0) is 14.3 Å². The molecule has 0 aromatic rings. The molecule has 150 valence electrons. The minimum Gasteiger partial charge on any atom is -0.454 e. The second-order valence-electron chi connectivity index (χ2n) is 7.59. The Morgan fingerprint density at radius 3 is 2.04 bits per heavy atom. The summed E-state index contributed by atoms with van der Waals surface area (Å²) in [4.78, 5) is 22.2. The molecule has 0 unspecified atom stereocenters. The predicted molar refractivity (Wildman–Crippen MR) is 107 cm³/mol. The first-order valence-electron chi connectivity index (χ1n) is 10.8. The van der Waals surface area contributed by atoms with E-state index in [1.165, 1.54) is 64.2 Å². The van der Waals surface area contributed by atoms with Gasteiger partial charge in [0, 0.05) is 6.42 Å². The van der Waals surface area contributed by atoms with Crippen molar-refractivity contribution in [1.82, 2.24) is 0 Å². The number of primary amides is 1. The van der Waals surface area contributed by atoms with Gasteiger partial charge in [0.25, 0.3) is 0 Å². The molecule has 1 heterocycles. The molecule has 0 radical (unpaired) electrons. The SMILES string of the molecule is CCCCCCCCCCCCC[C@H]1OC(=O)/C1=C\CCCCC(N)=O. The summed E-state index contributed by atoms with van der Waals surface area (Å²) >= 11 is 0. The van der Waals surface area contributed by atoms with E-state index in [1.54, 1.807) is 0 Å². The number of amides is 1. The number of cyclic esters (lactones) is 1. The van der Waals surface area contributed by atoms with Crippen LogP contribution in [0.1, 0.15) is 110 Å². The van der Waals surface area contributed by atoms with Crippen molar-refractivity contribution in [1.29, 1.82) is 0 Å². The van der Waals surface area contributed by atoms with Gasteiger partial charge in [0.1, 0.15) is 6.10 Å². The van der Waals surface area contributed by atoms with Crippen LogP contribution in [0.5, 0.6) is 0 Å². The van der Waals surface area contributed by atoms with E-state index in [-0.39, 0.29) is 18.0 Å². The zero-order valence-corrected chi connectivity index (χ0v) is 16.8. The number of esters is 1. The summed E-state index contributed by atoms with van der Waals surface area (Å²) in [7, 11) is 0. The molecule has 1 aliphatic rings. The Kier molecular flexibility index (Phi) is 12.9. The first-order chi connectivity index (χ1) is 12.6. The van der Waals surface area contributed by atoms with Gasteiger partial charge in [-0.15, -0.1) is 0 Å². The minimum absolute atomic E-state index is 0.0113. The number of hydrogen-bond acceptors (Lipinski definition) is 3. The van der Waals surface area contributed by atoms with Crippen LogP contribution in [0.15, 0.2) is 11.6 Å². The lowest BCUT2D eigenvalue weighted by Gasteiger charge is -2.29. The molecular weight excluding hydrogens is 326 g/mol. The van der Waals surface area contributed by atoms with Gasteiger partial charge in [0.15, 0.2) is 0 Å². The fourth-order valence-electron chi connectivity index (χ4n) is 3.46. The normalized spacial score (nSPS) is 18.0. The standard InChI is InChI=1S/C22H39NO3/c1-2-3-4-5-6-7-8-9-10-11-14-17-20-19(22(25)26-20)16-13-12-15-18-21(23)24/h16,20H,2-15,17-18H2,1H3,(H2,23,24)/b19-16-/t20-/m1/s1. The molecule has 4 nitrogen and oxygen atoms in total. The number of carbonyl (C=O) groups excluding carboxylic acids is 2. The second kappa shape index (κ2) is 14.8. The monoisotopic (exact) mass is 365 g/mol. The van der Waals surface area contributed by atoms with E-state index < -0.39 is 0 Å². The van der Waals surface area contributed by atoms with Gasteiger partial charge in [-0.1, -0.05) is 77.2 Å². The lowest BCUT2D eigenvalue weighted by molar-refractivity contribution is -0.156. The molecule has 0 aromatic heterocycles. The fourth-order valence-corrected chi connectivity index (χ4v) is 3.46. The molecule has 0 aliphatic carbocycles. The van der Waals surface area contributed by atoms with E-state index in [2.05, 4.69) is 6.92 Å². The number of rotatable bonds is 17. The lowest BCUT2D eigenvalue weighted by atomic mass is 9.96. The summed E-state index contributed by atoms with van der Waals surface area (Å²) in [6.07, 6.45) is 20.5. The average molecular weight is 366 g/mol. The number of unbranched alkanes of at least 4 members (excludes halogenated alkanes) is 12. The van der Waals surface area contributed by atoms with E-state index in [4.69, 9.17) is 10.5 Å². The highest BCUT2D eigenvalue weighted by Crippen LogP contribution is 2.27. The molecule has 4 heteroatoms. The van der Waals surface area contributed by atoms with Crippen molar-refractivity contribution in [3.8, 4) is 0 Å². The van der Waals surface area contributed by atoms with Crippen LogP contribution in [0, 0.1) is 0 Å². The topological polar surface area (TPSA) is 69.4 Å². The van der Waals surface area contributed by atoms with E-state index in [1.807, 2.05) is 6.08 Å². The summed E-state index contributed by atoms with van der Waals surface area (Å²) in [5.41, 5.74) is 5.96. The van der Waals surface area contributed by atoms with Crippen molar-refractivity contribution in [3.63, 3.8) is 0 Å². The van der Waals surface area contributed by atoms with Crippen molar-refractivity contribution in [2.75, 3.05) is 0 Å². The highest BCUT2D eigenvalue weighted by atomic mass is 16.6. The fraction of sp³-hybridized carbons (Fsp3) is 0.818. The van der Waals surface area contributed by atoms with Crippen LogP contribution >= 0.6 is 0 Å². The zero-order valence-electron chi connectivity index (χ0n) is 16.8. The third-order valence-electron chi connectivity index (χ3n) is 5.14. The molecule has 1 atom stereocenters. The third-order valence-corrected chi connectivity index (χ3v) is 5.14. The molecule has 1 aliphatic heterocycles. The molecule has 2 N–H and O–H groups in total. The molecule has 1 fully saturated rings. The van der Waals surface area contributed by atoms with Crippen LogP contribution < -0.4 is 5.73 Å². The first-order valence-corrected chi connectivity index (χ1v) is 10.8. The molecule has 26 heavy (non-hydrogen) atoms. The van der Waals surface area contributed by atoms with E-state index >= 15 is 0 Å². The van der Waals surface area contributed by atoms with Crippen molar-refractivity contribution in [2.24, 2.45) is 5.73 Å². The van der Waals surface area contributed by atoms with Crippen molar-refractivity contribution >= 4 is 11.9 Å². The number of allylic oxidation sites excluding steroid dienone is 1. The third kappa shape index (κ3) is 10.6. The maximum absolute atomic E-state index is 11.5. The average Bonchev–Trinajstić information content (AvgIpc) is 2.61. The Bertz CT molecular complexity index is 431. The summed E-state index contributed by atoms with van der Waals surface area (Å²) < 4.78 is 5.26. The smallest absolute Gasteiger partial charge is 0.338 e. The minimum atomic E-state index is -0.255. The van der Waals surface area contributed by atoms with E-state index in [0.717, 1.165) is 37.7 Å². The Balaban J connectivity index is 1.96. The molecule has 1 rings (SSSR count). The van der Waals surface area contributed by atoms with Gasteiger partial charge in [-0.25, -0.2) is 4.79 Å². The van der Waals surface area contributed by atoms with Crippen LogP contribution in [0.4, 0.5) is 0 Å². The van der Waals surface area contributed by atoms with Crippen LogP contribution in [0.25, 0.3) is 0 Å². The zero-order chi connectivity index (χ0) is 19.0. The molecule has 0 spiro atoms. The summed E-state index contributed by atoms with van der Waals surface area (Å²) in [6.45, 7) is 2.26. The number of carbonyl (C=O) groups is 2. The van der Waals surface area contributed by atoms with Crippen molar-refractivity contribution in [2.45, 2.75) is 116 Å². The number of ether oxygens (including phenoxy) is 1. The van der Waals surface area contributed by atoms with Gasteiger partial charge in [0.05, 0.1) is 5.57 Å². The first kappa shape index (κ1) is 22.7. The van der Waals surface area contributed by atoms with E-state index in [9.17, 15) is 9.59 Å². The summed E-state index contributed by atoms with van der Waals surface area (Å²) in [5, 5.41) is 0. The number of nitrogens with two attached hydrogens (primary N) is 1. The predicted octanol–water partition coefficient (Wildman–Crippen LogP) is 5.59. The summed E-state index contributed by atoms with van der Waals surface area (Å²) in [6, 6.07) is 0. The Labute approximate surface area is 159 Å². The van der Waals surface area contributed by atoms with E-state index in [0.29, 0.717) is 6.42 Å². The maximum Gasteiger partial charge on any atom is 0.338 e. The van der Waals surface area contributed by atoms with Crippen LogP contribution in [-0.4, -0.2) is 18.0 Å². The quantitative estimate of drug-likeness (QED) is 0.208. The second-order valence-corrected chi connectivity index (χ2v) is 7.59. The highest BCUT2D eigenvalue weighted by Gasteiger charge is 2.34. The summed E-state index contributed by atoms with van der Waals surface area (Å²) in [5.74, 6) is -0.414. The van der Waals surface area contributed by atoms with Gasteiger partial charge < -0.3 is 10.5 Å². The molecule has 1 saturated heterocycles. The Morgan fingerprint density at radius 1 is 0.923 bits per heavy atom. The number of hydrogen-bond donors (Lipinski definition) is 1. The molecular formula is C22H39NO3. The van der Waals surface area contributed by atoms with Gasteiger partial charge in [0.2, 0.25) is 5.91 Å². The molecule has 0 aromatic carbocycles. The van der Waals surface area contributed by atoms with Gasteiger partial charge in [-0.2, -0.15) is 0 Å². The largest absolute Gasteiger partial charge is 0.454 e. The Morgan fingerprint density at radius 2 is 1.50 bits per heavy atom. The van der Waals surface area contributed by atoms with Crippen LogP contribution in [0.3, 0.4) is 0 Å².